The molecule has 0 saturated heterocycles. The predicted molar refractivity (Wildman–Crippen MR) is 86.5 cm³/mol. The molecule has 0 fully saturated rings. The Balaban J connectivity index is 1.98. The molecule has 0 saturated carbocycles. The SMILES string of the molecule is Cc1cc(CNC(=O)CS(=O)(=O)c2ccc(Cl)cc2)ccc1F. The molecule has 2 aromatic rings. The number of carbonyl (C=O) groups excluding carboxylic acids is 1. The van der Waals surface area contributed by atoms with Gasteiger partial charge in [0.2, 0.25) is 5.91 Å². The summed E-state index contributed by atoms with van der Waals surface area (Å²) in [5.41, 5.74) is 1.16. The van der Waals surface area contributed by atoms with Crippen molar-refractivity contribution in [3.63, 3.8) is 0 Å². The first kappa shape index (κ1) is 17.4. The lowest BCUT2D eigenvalue weighted by atomic mass is 10.1. The maximum absolute atomic E-state index is 13.2. The summed E-state index contributed by atoms with van der Waals surface area (Å²) in [4.78, 5) is 11.9. The minimum absolute atomic E-state index is 0.0367. The zero-order valence-corrected chi connectivity index (χ0v) is 13.9. The van der Waals surface area contributed by atoms with Crippen molar-refractivity contribution in [2.75, 3.05) is 5.75 Å². The van der Waals surface area contributed by atoms with Crippen LogP contribution in [0.1, 0.15) is 11.1 Å². The summed E-state index contributed by atoms with van der Waals surface area (Å²) in [6.07, 6.45) is 0. The molecular weight excluding hydrogens is 341 g/mol. The number of hydrogen-bond acceptors (Lipinski definition) is 3. The lowest BCUT2D eigenvalue weighted by Gasteiger charge is -2.08. The van der Waals surface area contributed by atoms with Crippen LogP contribution in [0.5, 0.6) is 0 Å². The second kappa shape index (κ2) is 7.10. The van der Waals surface area contributed by atoms with Crippen LogP contribution in [-0.2, 0) is 21.2 Å². The fourth-order valence-corrected chi connectivity index (χ4v) is 3.26. The Labute approximate surface area is 139 Å². The van der Waals surface area contributed by atoms with Gasteiger partial charge in [-0.1, -0.05) is 23.7 Å². The van der Waals surface area contributed by atoms with E-state index in [4.69, 9.17) is 11.6 Å². The highest BCUT2D eigenvalue weighted by Gasteiger charge is 2.19. The Morgan fingerprint density at radius 1 is 1.17 bits per heavy atom. The van der Waals surface area contributed by atoms with Crippen LogP contribution in [0.25, 0.3) is 0 Å². The summed E-state index contributed by atoms with van der Waals surface area (Å²) in [6, 6.07) is 10.1. The van der Waals surface area contributed by atoms with E-state index in [1.807, 2.05) is 0 Å². The van der Waals surface area contributed by atoms with Gasteiger partial charge in [0.1, 0.15) is 11.6 Å². The lowest BCUT2D eigenvalue weighted by molar-refractivity contribution is -0.118. The van der Waals surface area contributed by atoms with Gasteiger partial charge in [0.05, 0.1) is 4.90 Å². The first-order valence-electron chi connectivity index (χ1n) is 6.78. The average molecular weight is 356 g/mol. The number of halogens is 2. The molecule has 0 atom stereocenters. The lowest BCUT2D eigenvalue weighted by Crippen LogP contribution is -2.30. The van der Waals surface area contributed by atoms with Crippen molar-refractivity contribution < 1.29 is 17.6 Å². The number of benzene rings is 2. The van der Waals surface area contributed by atoms with Gasteiger partial charge < -0.3 is 5.32 Å². The average Bonchev–Trinajstić information content (AvgIpc) is 2.48. The van der Waals surface area contributed by atoms with Gasteiger partial charge in [-0.15, -0.1) is 0 Å². The molecule has 1 amide bonds. The Hall–Kier alpha value is -1.92. The van der Waals surface area contributed by atoms with Gasteiger partial charge in [-0.05, 0) is 48.4 Å². The van der Waals surface area contributed by atoms with E-state index in [-0.39, 0.29) is 17.3 Å². The number of nitrogens with one attached hydrogen (secondary N) is 1. The van der Waals surface area contributed by atoms with Crippen LogP contribution in [-0.4, -0.2) is 20.1 Å². The molecule has 0 unspecified atom stereocenters. The molecule has 23 heavy (non-hydrogen) atoms. The molecule has 1 N–H and O–H groups in total. The van der Waals surface area contributed by atoms with E-state index in [1.54, 1.807) is 13.0 Å². The van der Waals surface area contributed by atoms with Gasteiger partial charge in [-0.25, -0.2) is 12.8 Å². The van der Waals surface area contributed by atoms with Gasteiger partial charge in [0.25, 0.3) is 0 Å². The number of aryl methyl sites for hydroxylation is 1. The van der Waals surface area contributed by atoms with Crippen molar-refractivity contribution in [1.29, 1.82) is 0 Å². The number of hydrogen-bond donors (Lipinski definition) is 1. The molecule has 2 aromatic carbocycles. The Kier molecular flexibility index (Phi) is 5.38. The number of sulfone groups is 1. The van der Waals surface area contributed by atoms with E-state index in [0.29, 0.717) is 16.1 Å². The number of rotatable bonds is 5. The molecule has 0 aliphatic heterocycles. The molecule has 0 radical (unpaired) electrons. The highest BCUT2D eigenvalue weighted by Crippen LogP contribution is 2.15. The summed E-state index contributed by atoms with van der Waals surface area (Å²) in [5.74, 6) is -1.61. The molecule has 0 aliphatic carbocycles. The first-order valence-corrected chi connectivity index (χ1v) is 8.81. The molecule has 122 valence electrons. The third-order valence-electron chi connectivity index (χ3n) is 3.21. The third kappa shape index (κ3) is 4.77. The van der Waals surface area contributed by atoms with Crippen LogP contribution in [0.15, 0.2) is 47.4 Å². The second-order valence-electron chi connectivity index (χ2n) is 5.07. The number of amides is 1. The van der Waals surface area contributed by atoms with Gasteiger partial charge >= 0.3 is 0 Å². The largest absolute Gasteiger partial charge is 0.351 e. The predicted octanol–water partition coefficient (Wildman–Crippen LogP) is 2.88. The fraction of sp³-hybridized carbons (Fsp3) is 0.188. The van der Waals surface area contributed by atoms with Crippen LogP contribution in [0.3, 0.4) is 0 Å². The molecule has 4 nitrogen and oxygen atoms in total. The van der Waals surface area contributed by atoms with E-state index >= 15 is 0 Å². The molecule has 0 spiro atoms. The van der Waals surface area contributed by atoms with Crippen molar-refractivity contribution in [3.8, 4) is 0 Å². The highest BCUT2D eigenvalue weighted by molar-refractivity contribution is 7.92. The Bertz CT molecular complexity index is 820. The maximum atomic E-state index is 13.2. The molecule has 0 bridgehead atoms. The van der Waals surface area contributed by atoms with E-state index in [2.05, 4.69) is 5.32 Å². The third-order valence-corrected chi connectivity index (χ3v) is 5.09. The van der Waals surface area contributed by atoms with Gasteiger partial charge in [0.15, 0.2) is 9.84 Å². The van der Waals surface area contributed by atoms with Crippen molar-refractivity contribution in [3.05, 3.63) is 64.4 Å². The monoisotopic (exact) mass is 355 g/mol. The smallest absolute Gasteiger partial charge is 0.235 e. The molecule has 0 aromatic heterocycles. The molecular formula is C16H15ClFNO3S. The molecule has 0 aliphatic rings. The van der Waals surface area contributed by atoms with Gasteiger partial charge in [0, 0.05) is 11.6 Å². The minimum atomic E-state index is -3.73. The summed E-state index contributed by atoms with van der Waals surface area (Å²) >= 11 is 5.71. The quantitative estimate of drug-likeness (QED) is 0.897. The molecule has 0 heterocycles. The summed E-state index contributed by atoms with van der Waals surface area (Å²) in [6.45, 7) is 1.75. The number of carbonyl (C=O) groups is 1. The van der Waals surface area contributed by atoms with Gasteiger partial charge in [-0.3, -0.25) is 4.79 Å². The zero-order chi connectivity index (χ0) is 17.0. The van der Waals surface area contributed by atoms with Crippen molar-refractivity contribution in [2.45, 2.75) is 18.4 Å². The molecule has 7 heteroatoms. The van der Waals surface area contributed by atoms with Crippen molar-refractivity contribution >= 4 is 27.3 Å². The van der Waals surface area contributed by atoms with E-state index in [1.165, 1.54) is 36.4 Å². The van der Waals surface area contributed by atoms with E-state index in [0.717, 1.165) is 0 Å². The van der Waals surface area contributed by atoms with Crippen LogP contribution < -0.4 is 5.32 Å². The van der Waals surface area contributed by atoms with Crippen LogP contribution in [0.4, 0.5) is 4.39 Å². The fourth-order valence-electron chi connectivity index (χ4n) is 1.97. The normalized spacial score (nSPS) is 11.3. The highest BCUT2D eigenvalue weighted by atomic mass is 35.5. The van der Waals surface area contributed by atoms with Crippen LogP contribution >= 0.6 is 11.6 Å². The van der Waals surface area contributed by atoms with E-state index < -0.39 is 21.5 Å². The van der Waals surface area contributed by atoms with Crippen LogP contribution in [0, 0.1) is 12.7 Å². The van der Waals surface area contributed by atoms with Crippen molar-refractivity contribution in [2.24, 2.45) is 0 Å². The van der Waals surface area contributed by atoms with Crippen LogP contribution in [0.2, 0.25) is 5.02 Å². The Morgan fingerprint density at radius 2 is 1.83 bits per heavy atom. The van der Waals surface area contributed by atoms with Crippen molar-refractivity contribution in [1.82, 2.24) is 5.32 Å². The van der Waals surface area contributed by atoms with E-state index in [9.17, 15) is 17.6 Å². The first-order chi connectivity index (χ1) is 10.8. The summed E-state index contributed by atoms with van der Waals surface area (Å²) in [7, 11) is -3.73. The van der Waals surface area contributed by atoms with Gasteiger partial charge in [-0.2, -0.15) is 0 Å². The molecule has 2 rings (SSSR count). The second-order valence-corrected chi connectivity index (χ2v) is 7.50. The standard InChI is InChI=1S/C16H15ClFNO3S/c1-11-8-12(2-7-15(11)18)9-19-16(20)10-23(21,22)14-5-3-13(17)4-6-14/h2-8H,9-10H2,1H3,(H,19,20). The summed E-state index contributed by atoms with van der Waals surface area (Å²) in [5, 5.41) is 2.93. The minimum Gasteiger partial charge on any atom is -0.351 e. The Morgan fingerprint density at radius 3 is 2.43 bits per heavy atom. The summed E-state index contributed by atoms with van der Waals surface area (Å²) < 4.78 is 37.4. The maximum Gasteiger partial charge on any atom is 0.235 e. The topological polar surface area (TPSA) is 63.2 Å². The zero-order valence-electron chi connectivity index (χ0n) is 12.3.